The molecule has 12 aromatic rings. The van der Waals surface area contributed by atoms with Crippen molar-refractivity contribution in [2.24, 2.45) is 0 Å². The second-order valence-corrected chi connectivity index (χ2v) is 32.9. The summed E-state index contributed by atoms with van der Waals surface area (Å²) in [7, 11) is 6.29. The molecular weight excluding hydrogens is 1460 g/mol. The second-order valence-electron chi connectivity index (χ2n) is 31.2. The van der Waals surface area contributed by atoms with E-state index in [4.69, 9.17) is 46.4 Å². The molecule has 4 aliphatic heterocycles. The number of aliphatic hydroxyl groups is 4. The van der Waals surface area contributed by atoms with Gasteiger partial charge < -0.3 is 53.4 Å². The lowest BCUT2D eigenvalue weighted by molar-refractivity contribution is 0.00773. The molecular formula is C87H91Cl4F5N8O4. The number of likely N-dealkylation sites (N-methyl/N-ethyl adjacent to an activating group) is 3. The Hall–Kier alpha value is -7.59. The van der Waals surface area contributed by atoms with Gasteiger partial charge in [0, 0.05) is 183 Å². The Bertz CT molecular complexity index is 5310. The third-order valence-electron chi connectivity index (χ3n) is 22.9. The van der Waals surface area contributed by atoms with Crippen LogP contribution in [0.5, 0.6) is 0 Å². The fourth-order valence-electron chi connectivity index (χ4n) is 16.9. The van der Waals surface area contributed by atoms with Crippen molar-refractivity contribution in [3.8, 4) is 0 Å². The predicted molar refractivity (Wildman–Crippen MR) is 424 cm³/mol. The van der Waals surface area contributed by atoms with Crippen molar-refractivity contribution in [1.29, 1.82) is 0 Å². The van der Waals surface area contributed by atoms with Crippen molar-refractivity contribution in [2.75, 3.05) is 47.3 Å². The maximum Gasteiger partial charge on any atom is 0.135 e. The lowest BCUT2D eigenvalue weighted by Gasteiger charge is -2.35. The Kier molecular flexibility index (Phi) is 21.9. The van der Waals surface area contributed by atoms with Crippen molar-refractivity contribution < 1.29 is 42.4 Å². The molecule has 0 bridgehead atoms. The summed E-state index contributed by atoms with van der Waals surface area (Å²) in [5, 5.41) is 52.1. The number of hydrogen-bond acceptors (Lipinski definition) is 8. The minimum atomic E-state index is -1.87. The van der Waals surface area contributed by atoms with Crippen LogP contribution < -0.4 is 0 Å². The average Bonchev–Trinajstić information content (AvgIpc) is 1.60. The standard InChI is InChI=1S/C23H24ClFN2O.C22H24ClFN2O.C21H20ClF3N2O.C21H23ClN2O/c1-23(28,15-2-5-17(25)6-3-15)14-27-21-9-4-16(24)12-19(21)20-13-26(18-7-8-18)11-10-22(20)27;1-14(22(2,27)15-4-7-17(24)8-5-15)26-20-9-6-16(23)12-18(20)19-13-25(3)11-10-21(19)26;1-21(28,20-16(24)8-13(23)9-17(20)25)11-27-18-4-3-12(22)7-14(18)15-10-26(2)6-5-19(15)27;1-21(25,15-6-4-3-5-7-15)14-24-19-9-8-16(22)12-17(19)18-13-23(2)11-10-20(18)24/h2-6,9,12,18,28H,7-8,10-11,13-14H2,1H3;4-9,12,14,27H,10-11,13H2,1-3H3;3-4,7-9,28H,5-6,10-11H2,1-2H3;3-9,12,25H,10-11,13-14H2,1-2H3. The van der Waals surface area contributed by atoms with Crippen LogP contribution in [0.4, 0.5) is 22.0 Å². The molecule has 12 nitrogen and oxygen atoms in total. The van der Waals surface area contributed by atoms with E-state index in [1.54, 1.807) is 44.2 Å². The van der Waals surface area contributed by atoms with E-state index in [-0.39, 0.29) is 24.2 Å². The van der Waals surface area contributed by atoms with Gasteiger partial charge in [0.2, 0.25) is 0 Å². The van der Waals surface area contributed by atoms with Gasteiger partial charge in [-0.3, -0.25) is 4.90 Å². The zero-order chi connectivity index (χ0) is 76.6. The lowest BCUT2D eigenvalue weighted by Crippen LogP contribution is -2.34. The van der Waals surface area contributed by atoms with Crippen LogP contribution in [-0.2, 0) is 93.9 Å². The van der Waals surface area contributed by atoms with Crippen LogP contribution >= 0.6 is 46.4 Å². The molecule has 8 heterocycles. The molecule has 4 aromatic heterocycles. The number of nitrogens with zero attached hydrogens (tertiary/aromatic N) is 8. The highest BCUT2D eigenvalue weighted by Crippen LogP contribution is 2.44. The maximum atomic E-state index is 14.3. The Morgan fingerprint density at radius 2 is 0.750 bits per heavy atom. The quantitative estimate of drug-likeness (QED) is 0.0845. The summed E-state index contributed by atoms with van der Waals surface area (Å²) in [6.45, 7) is 17.1. The van der Waals surface area contributed by atoms with Gasteiger partial charge in [-0.1, -0.05) is 101 Å². The third kappa shape index (κ3) is 15.6. The van der Waals surface area contributed by atoms with Gasteiger partial charge in [-0.15, -0.1) is 0 Å². The molecule has 108 heavy (non-hydrogen) atoms. The summed E-state index contributed by atoms with van der Waals surface area (Å²) in [5.74, 6) is -3.82. The van der Waals surface area contributed by atoms with Crippen molar-refractivity contribution >= 4 is 90.0 Å². The molecule has 0 spiro atoms. The van der Waals surface area contributed by atoms with Gasteiger partial charge in [0.15, 0.2) is 0 Å². The van der Waals surface area contributed by atoms with Crippen LogP contribution in [0.15, 0.2) is 164 Å². The molecule has 8 aromatic carbocycles. The molecule has 566 valence electrons. The largest absolute Gasteiger partial charge is 0.384 e. The highest BCUT2D eigenvalue weighted by atomic mass is 35.5. The smallest absolute Gasteiger partial charge is 0.135 e. The van der Waals surface area contributed by atoms with E-state index in [0.717, 1.165) is 144 Å². The maximum absolute atomic E-state index is 14.3. The van der Waals surface area contributed by atoms with Gasteiger partial charge in [0.25, 0.3) is 0 Å². The minimum absolute atomic E-state index is 0.0658. The molecule has 4 N–H and O–H groups in total. The van der Waals surface area contributed by atoms with Crippen LogP contribution in [0, 0.1) is 29.1 Å². The van der Waals surface area contributed by atoms with Gasteiger partial charge in [0.05, 0.1) is 31.2 Å². The molecule has 0 amide bonds. The summed E-state index contributed by atoms with van der Waals surface area (Å²) < 4.78 is 77.3. The van der Waals surface area contributed by atoms with Gasteiger partial charge >= 0.3 is 0 Å². The SMILES string of the molecule is CC(O)(Cn1c2c(c3cc(Cl)ccc31)CN(C1CC1)CC2)c1ccc(F)cc1.CC(n1c2c(c3cc(Cl)ccc31)CN(C)CC2)C(C)(O)c1ccc(F)cc1.CN1CCc2c(c3cc(Cl)ccc3n2CC(C)(O)c2c(F)cc(F)cc2F)C1.CN1CCc2c(c3cc(Cl)ccc3n2CC(C)(O)c2ccccc2)C1. The number of rotatable bonds is 13. The van der Waals surface area contributed by atoms with Crippen LogP contribution in [0.3, 0.4) is 0 Å². The van der Waals surface area contributed by atoms with Crippen molar-refractivity contribution in [3.63, 3.8) is 0 Å². The molecule has 21 heteroatoms. The van der Waals surface area contributed by atoms with Crippen LogP contribution in [-0.4, -0.2) is 112 Å². The van der Waals surface area contributed by atoms with Gasteiger partial charge in [0.1, 0.15) is 51.5 Å². The van der Waals surface area contributed by atoms with Crippen molar-refractivity contribution in [1.82, 2.24) is 37.9 Å². The molecule has 17 rings (SSSR count). The van der Waals surface area contributed by atoms with E-state index in [1.165, 1.54) is 88.6 Å². The van der Waals surface area contributed by atoms with Crippen LogP contribution in [0.25, 0.3) is 43.6 Å². The second kappa shape index (κ2) is 30.6. The first-order valence-corrected chi connectivity index (χ1v) is 38.5. The third-order valence-corrected chi connectivity index (χ3v) is 23.8. The molecule has 0 radical (unpaired) electrons. The first-order chi connectivity index (χ1) is 51.3. The molecule has 1 aliphatic carbocycles. The number of hydrogen-bond donors (Lipinski definition) is 4. The van der Waals surface area contributed by atoms with Crippen molar-refractivity contribution in [3.05, 3.63) is 280 Å². The zero-order valence-electron chi connectivity index (χ0n) is 62.0. The van der Waals surface area contributed by atoms with Gasteiger partial charge in [-0.2, -0.15) is 0 Å². The van der Waals surface area contributed by atoms with E-state index in [2.05, 4.69) is 71.7 Å². The monoisotopic (exact) mass is 1550 g/mol. The molecule has 1 saturated carbocycles. The molecule has 1 fully saturated rings. The van der Waals surface area contributed by atoms with Crippen LogP contribution in [0.2, 0.25) is 20.1 Å². The normalized spacial score (nSPS) is 18.1. The highest BCUT2D eigenvalue weighted by molar-refractivity contribution is 6.32. The van der Waals surface area contributed by atoms with Gasteiger partial charge in [-0.05, 0) is 205 Å². The average molecular weight is 1550 g/mol. The van der Waals surface area contributed by atoms with E-state index in [0.29, 0.717) is 46.4 Å². The zero-order valence-corrected chi connectivity index (χ0v) is 65.1. The first-order valence-electron chi connectivity index (χ1n) is 37.0. The summed E-state index contributed by atoms with van der Waals surface area (Å²) in [5.41, 5.74) is 10.9. The van der Waals surface area contributed by atoms with E-state index < -0.39 is 45.4 Å². The van der Waals surface area contributed by atoms with E-state index in [9.17, 15) is 42.4 Å². The summed E-state index contributed by atoms with van der Waals surface area (Å²) in [6.07, 6.45) is 6.22. The first kappa shape index (κ1) is 77.1. The Morgan fingerprint density at radius 3 is 1.18 bits per heavy atom. The summed E-state index contributed by atoms with van der Waals surface area (Å²) in [6, 6.07) is 47.4. The number of benzene rings is 8. The Balaban J connectivity index is 0.000000121. The topological polar surface area (TPSA) is 114 Å². The fraction of sp³-hybridized carbons (Fsp3) is 0.356. The predicted octanol–water partition coefficient (Wildman–Crippen LogP) is 18.6. The Morgan fingerprint density at radius 1 is 0.398 bits per heavy atom. The molecule has 5 aliphatic rings. The number of aromatic nitrogens is 4. The number of fused-ring (bicyclic) bond motifs is 12. The van der Waals surface area contributed by atoms with Crippen LogP contribution in [0.1, 0.15) is 121 Å². The molecule has 5 unspecified atom stereocenters. The van der Waals surface area contributed by atoms with E-state index >= 15 is 0 Å². The molecule has 5 atom stereocenters. The number of halogens is 9. The highest BCUT2D eigenvalue weighted by Gasteiger charge is 2.39. The lowest BCUT2D eigenvalue weighted by atomic mass is 9.88. The van der Waals surface area contributed by atoms with Crippen molar-refractivity contribution in [2.45, 2.75) is 153 Å². The summed E-state index contributed by atoms with van der Waals surface area (Å²) >= 11 is 25.0. The van der Waals surface area contributed by atoms with E-state index in [1.807, 2.05) is 98.3 Å². The fourth-order valence-corrected chi connectivity index (χ4v) is 17.6. The molecule has 0 saturated heterocycles. The minimum Gasteiger partial charge on any atom is -0.384 e. The van der Waals surface area contributed by atoms with Gasteiger partial charge in [-0.25, -0.2) is 22.0 Å². The summed E-state index contributed by atoms with van der Waals surface area (Å²) in [4.78, 5) is 9.40. The Labute approximate surface area is 647 Å².